The van der Waals surface area contributed by atoms with Gasteiger partial charge >= 0.3 is 0 Å². The zero-order chi connectivity index (χ0) is 11.7. The van der Waals surface area contributed by atoms with Gasteiger partial charge in [-0.15, -0.1) is 0 Å². The molecule has 0 saturated carbocycles. The summed E-state index contributed by atoms with van der Waals surface area (Å²) in [5, 5.41) is 1.36. The third-order valence-electron chi connectivity index (χ3n) is 2.98. The lowest BCUT2D eigenvalue weighted by molar-refractivity contribution is -0.664. The molecule has 0 radical (unpaired) electrons. The van der Waals surface area contributed by atoms with E-state index in [9.17, 15) is 0 Å². The average molecular weight is 367 g/mol. The first kappa shape index (κ1) is 13.5. The molecule has 0 spiro atoms. The normalized spacial score (nSPS) is 10.3. The highest BCUT2D eigenvalue weighted by molar-refractivity contribution is 7.18. The second-order valence-corrected chi connectivity index (χ2v) is 5.40. The molecule has 1 aromatic heterocycles. The van der Waals surface area contributed by atoms with Crippen LogP contribution in [0.2, 0.25) is 0 Å². The van der Waals surface area contributed by atoms with E-state index in [0.717, 1.165) is 6.54 Å². The molecule has 0 atom stereocenters. The van der Waals surface area contributed by atoms with E-state index in [4.69, 9.17) is 0 Å². The zero-order valence-electron chi connectivity index (χ0n) is 10.1. The highest BCUT2D eigenvalue weighted by Crippen LogP contribution is 2.19. The van der Waals surface area contributed by atoms with Gasteiger partial charge in [0.25, 0.3) is 0 Å². The quantitative estimate of drug-likeness (QED) is 0.460. The molecule has 1 heterocycles. The van der Waals surface area contributed by atoms with Crippen LogP contribution in [-0.4, -0.2) is 0 Å². The Morgan fingerprint density at radius 1 is 0.944 bits per heavy atom. The van der Waals surface area contributed by atoms with Crippen molar-refractivity contribution < 1.29 is 28.5 Å². The summed E-state index contributed by atoms with van der Waals surface area (Å²) in [6, 6.07) is 19.2. The smallest absolute Gasteiger partial charge is 0.235 e. The molecule has 3 rings (SSSR count). The molecule has 18 heavy (non-hydrogen) atoms. The minimum Gasteiger partial charge on any atom is -1.00 e. The van der Waals surface area contributed by atoms with E-state index >= 15 is 0 Å². The van der Waals surface area contributed by atoms with E-state index in [-0.39, 0.29) is 24.0 Å². The lowest BCUT2D eigenvalue weighted by atomic mass is 10.2. The Labute approximate surface area is 128 Å². The zero-order valence-corrected chi connectivity index (χ0v) is 13.1. The Morgan fingerprint density at radius 2 is 1.61 bits per heavy atom. The van der Waals surface area contributed by atoms with Crippen molar-refractivity contribution in [1.29, 1.82) is 0 Å². The van der Waals surface area contributed by atoms with Gasteiger partial charge in [0.1, 0.15) is 4.70 Å². The van der Waals surface area contributed by atoms with Crippen molar-refractivity contribution in [3.8, 4) is 0 Å². The Kier molecular flexibility index (Phi) is 4.35. The first-order valence-electron chi connectivity index (χ1n) is 5.76. The topological polar surface area (TPSA) is 3.88 Å². The summed E-state index contributed by atoms with van der Waals surface area (Å²) in [4.78, 5) is 0. The largest absolute Gasteiger partial charge is 1.00 e. The summed E-state index contributed by atoms with van der Waals surface area (Å²) in [5.41, 5.74) is 2.68. The molecule has 0 amide bonds. The number of aromatic nitrogens is 1. The fourth-order valence-electron chi connectivity index (χ4n) is 2.11. The fourth-order valence-corrected chi connectivity index (χ4v) is 3.13. The van der Waals surface area contributed by atoms with Crippen LogP contribution in [0, 0.1) is 6.92 Å². The van der Waals surface area contributed by atoms with Crippen LogP contribution in [0.3, 0.4) is 0 Å². The molecule has 92 valence electrons. The molecule has 0 saturated heterocycles. The third kappa shape index (κ3) is 2.57. The molecule has 0 aliphatic rings. The van der Waals surface area contributed by atoms with Crippen LogP contribution < -0.4 is 28.5 Å². The summed E-state index contributed by atoms with van der Waals surface area (Å²) >= 11 is 1.86. The van der Waals surface area contributed by atoms with E-state index in [2.05, 4.69) is 66.1 Å². The first-order valence-corrected chi connectivity index (χ1v) is 6.58. The van der Waals surface area contributed by atoms with Gasteiger partial charge in [0.15, 0.2) is 6.54 Å². The number of fused-ring (bicyclic) bond motifs is 1. The number of nitrogens with zero attached hydrogens (tertiary/aromatic N) is 1. The fraction of sp³-hybridized carbons (Fsp3) is 0.133. The van der Waals surface area contributed by atoms with Gasteiger partial charge in [-0.1, -0.05) is 53.8 Å². The molecular formula is C15H14INS. The molecule has 1 nitrogen and oxygen atoms in total. The van der Waals surface area contributed by atoms with E-state index in [0.29, 0.717) is 0 Å². The van der Waals surface area contributed by atoms with Gasteiger partial charge < -0.3 is 24.0 Å². The molecule has 3 heteroatoms. The summed E-state index contributed by atoms with van der Waals surface area (Å²) in [7, 11) is 0. The van der Waals surface area contributed by atoms with Gasteiger partial charge in [-0.3, -0.25) is 0 Å². The minimum absolute atomic E-state index is 0. The van der Waals surface area contributed by atoms with Crippen LogP contribution in [0.4, 0.5) is 0 Å². The highest BCUT2D eigenvalue weighted by Gasteiger charge is 2.16. The molecule has 0 fully saturated rings. The second kappa shape index (κ2) is 5.80. The van der Waals surface area contributed by atoms with Crippen LogP contribution >= 0.6 is 11.3 Å². The van der Waals surface area contributed by atoms with Crippen LogP contribution in [-0.2, 0) is 6.54 Å². The van der Waals surface area contributed by atoms with Crippen LogP contribution in [0.25, 0.3) is 10.2 Å². The maximum Gasteiger partial charge on any atom is 0.235 e. The van der Waals surface area contributed by atoms with Crippen molar-refractivity contribution in [1.82, 2.24) is 0 Å². The van der Waals surface area contributed by atoms with Gasteiger partial charge in [0.2, 0.25) is 10.5 Å². The number of para-hydroxylation sites is 1. The van der Waals surface area contributed by atoms with Crippen molar-refractivity contribution in [2.45, 2.75) is 13.5 Å². The maximum atomic E-state index is 2.38. The van der Waals surface area contributed by atoms with Gasteiger partial charge in [0, 0.05) is 18.6 Å². The standard InChI is InChI=1S/C15H14NS.HI/c1-12-16(11-13-7-3-2-4-8-13)14-9-5-6-10-15(14)17-12;/h2-10H,11H2,1H3;1H/q+1;/p-1. The molecule has 0 unspecified atom stereocenters. The van der Waals surface area contributed by atoms with Crippen molar-refractivity contribution in [3.63, 3.8) is 0 Å². The highest BCUT2D eigenvalue weighted by atomic mass is 127. The van der Waals surface area contributed by atoms with Crippen molar-refractivity contribution in [2.24, 2.45) is 0 Å². The lowest BCUT2D eigenvalue weighted by Crippen LogP contribution is -3.00. The molecular weight excluding hydrogens is 353 g/mol. The summed E-state index contributed by atoms with van der Waals surface area (Å²) in [6.07, 6.45) is 0. The van der Waals surface area contributed by atoms with E-state index < -0.39 is 0 Å². The van der Waals surface area contributed by atoms with Crippen molar-refractivity contribution in [2.75, 3.05) is 0 Å². The molecule has 0 aliphatic carbocycles. The predicted octanol–water partition coefficient (Wildman–Crippen LogP) is 0.550. The Bertz CT molecular complexity index is 646. The Morgan fingerprint density at radius 3 is 2.39 bits per heavy atom. The maximum absolute atomic E-state index is 2.38. The van der Waals surface area contributed by atoms with Crippen LogP contribution in [0.15, 0.2) is 54.6 Å². The van der Waals surface area contributed by atoms with E-state index in [1.807, 2.05) is 11.3 Å². The number of hydrogen-bond acceptors (Lipinski definition) is 1. The summed E-state index contributed by atoms with van der Waals surface area (Å²) in [5.74, 6) is 0. The van der Waals surface area contributed by atoms with Crippen LogP contribution in [0.1, 0.15) is 10.6 Å². The van der Waals surface area contributed by atoms with Crippen molar-refractivity contribution in [3.05, 3.63) is 65.2 Å². The third-order valence-corrected chi connectivity index (χ3v) is 4.06. The minimum atomic E-state index is 0. The Hall–Kier alpha value is -0.940. The number of benzene rings is 2. The van der Waals surface area contributed by atoms with Gasteiger partial charge in [0.05, 0.1) is 0 Å². The number of rotatable bonds is 2. The van der Waals surface area contributed by atoms with E-state index in [1.54, 1.807) is 0 Å². The lowest BCUT2D eigenvalue weighted by Gasteiger charge is -1.97. The number of aryl methyl sites for hydroxylation is 1. The SMILES string of the molecule is Cc1sc2ccccc2[n+]1Cc1ccccc1.[I-]. The first-order chi connectivity index (χ1) is 8.34. The summed E-state index contributed by atoms with van der Waals surface area (Å²) in [6.45, 7) is 3.14. The van der Waals surface area contributed by atoms with Crippen molar-refractivity contribution >= 4 is 21.6 Å². The number of thiazole rings is 1. The average Bonchev–Trinajstić information content (AvgIpc) is 2.68. The van der Waals surface area contributed by atoms with Gasteiger partial charge in [-0.2, -0.15) is 4.57 Å². The monoisotopic (exact) mass is 367 g/mol. The summed E-state index contributed by atoms with van der Waals surface area (Å²) < 4.78 is 3.75. The van der Waals surface area contributed by atoms with Gasteiger partial charge in [-0.05, 0) is 6.07 Å². The molecule has 0 aliphatic heterocycles. The van der Waals surface area contributed by atoms with Gasteiger partial charge in [-0.25, -0.2) is 0 Å². The predicted molar refractivity (Wildman–Crippen MR) is 72.3 cm³/mol. The second-order valence-electron chi connectivity index (χ2n) is 4.16. The van der Waals surface area contributed by atoms with E-state index in [1.165, 1.54) is 20.8 Å². The number of halogens is 1. The van der Waals surface area contributed by atoms with Crippen LogP contribution in [0.5, 0.6) is 0 Å². The molecule has 0 bridgehead atoms. The molecule has 3 aromatic rings. The molecule has 0 N–H and O–H groups in total. The number of hydrogen-bond donors (Lipinski definition) is 0. The Balaban J connectivity index is 0.00000120. The molecule has 2 aromatic carbocycles.